The minimum absolute atomic E-state index is 0.124. The van der Waals surface area contributed by atoms with Crippen molar-refractivity contribution in [1.82, 2.24) is 4.98 Å². The highest BCUT2D eigenvalue weighted by molar-refractivity contribution is 5.97. The molecule has 0 aliphatic heterocycles. The van der Waals surface area contributed by atoms with E-state index in [0.717, 1.165) is 0 Å². The molecule has 0 aliphatic rings. The van der Waals surface area contributed by atoms with Crippen LogP contribution >= 0.6 is 0 Å². The number of H-pyrrole nitrogens is 1. The van der Waals surface area contributed by atoms with Gasteiger partial charge in [0.2, 0.25) is 0 Å². The molecular formula is C13H10N2O4. The maximum Gasteiger partial charge on any atom is 0.280 e. The van der Waals surface area contributed by atoms with Gasteiger partial charge in [0.1, 0.15) is 5.56 Å². The average molecular weight is 258 g/mol. The number of carbonyl (C=O) groups is 1. The largest absolute Gasteiger partial charge is 0.328 e. The van der Waals surface area contributed by atoms with Crippen LogP contribution in [0.1, 0.15) is 15.9 Å². The van der Waals surface area contributed by atoms with E-state index in [9.17, 15) is 19.7 Å². The van der Waals surface area contributed by atoms with Gasteiger partial charge in [0, 0.05) is 24.2 Å². The highest BCUT2D eigenvalue weighted by Gasteiger charge is 2.20. The van der Waals surface area contributed by atoms with Gasteiger partial charge < -0.3 is 4.98 Å². The first-order valence-electron chi connectivity index (χ1n) is 5.53. The molecule has 6 nitrogen and oxygen atoms in total. The quantitative estimate of drug-likeness (QED) is 0.513. The van der Waals surface area contributed by atoms with Gasteiger partial charge in [-0.1, -0.05) is 30.3 Å². The lowest BCUT2D eigenvalue weighted by Crippen LogP contribution is -2.18. The van der Waals surface area contributed by atoms with Gasteiger partial charge in [-0.2, -0.15) is 0 Å². The van der Waals surface area contributed by atoms with Crippen molar-refractivity contribution in [2.24, 2.45) is 0 Å². The normalized spacial score (nSPS) is 10.1. The number of carbonyl (C=O) groups excluding carboxylic acids is 1. The fourth-order valence-corrected chi connectivity index (χ4v) is 1.73. The predicted molar refractivity (Wildman–Crippen MR) is 68.2 cm³/mol. The van der Waals surface area contributed by atoms with Crippen LogP contribution < -0.4 is 5.56 Å². The molecule has 0 saturated heterocycles. The Kier molecular flexibility index (Phi) is 3.51. The second-order valence-corrected chi connectivity index (χ2v) is 3.89. The minimum Gasteiger partial charge on any atom is -0.328 e. The molecule has 2 rings (SSSR count). The van der Waals surface area contributed by atoms with Crippen molar-refractivity contribution >= 4 is 11.5 Å². The summed E-state index contributed by atoms with van der Waals surface area (Å²) in [6.07, 6.45) is 0.896. The van der Waals surface area contributed by atoms with E-state index in [1.54, 1.807) is 30.3 Å². The number of hydrogen-bond donors (Lipinski definition) is 1. The fraction of sp³-hybridized carbons (Fsp3) is 0.0769. The van der Waals surface area contributed by atoms with Gasteiger partial charge in [-0.15, -0.1) is 0 Å². The summed E-state index contributed by atoms with van der Waals surface area (Å²) >= 11 is 0. The van der Waals surface area contributed by atoms with Crippen LogP contribution in [0, 0.1) is 10.1 Å². The number of nitro groups is 1. The van der Waals surface area contributed by atoms with Gasteiger partial charge in [-0.3, -0.25) is 19.7 Å². The van der Waals surface area contributed by atoms with Crippen molar-refractivity contribution in [3.63, 3.8) is 0 Å². The molecule has 1 aromatic heterocycles. The number of Topliss-reactive ketones (excluding diaryl/α,β-unsaturated/α-hetero) is 1. The molecule has 0 saturated carbocycles. The lowest BCUT2D eigenvalue weighted by atomic mass is 10.0. The van der Waals surface area contributed by atoms with Crippen LogP contribution in [0.5, 0.6) is 0 Å². The molecule has 6 heteroatoms. The zero-order valence-corrected chi connectivity index (χ0v) is 9.83. The second kappa shape index (κ2) is 5.26. The number of aromatic amines is 1. The van der Waals surface area contributed by atoms with E-state index in [2.05, 4.69) is 4.98 Å². The maximum absolute atomic E-state index is 12.0. The molecule has 1 heterocycles. The van der Waals surface area contributed by atoms with Gasteiger partial charge in [-0.25, -0.2) is 0 Å². The minimum atomic E-state index is -0.664. The summed E-state index contributed by atoms with van der Waals surface area (Å²) in [5.74, 6) is -0.333. The summed E-state index contributed by atoms with van der Waals surface area (Å²) < 4.78 is 0. The lowest BCUT2D eigenvalue weighted by Gasteiger charge is -2.01. The summed E-state index contributed by atoms with van der Waals surface area (Å²) in [4.78, 5) is 36.1. The molecule has 1 N–H and O–H groups in total. The van der Waals surface area contributed by atoms with Gasteiger partial charge >= 0.3 is 0 Å². The van der Waals surface area contributed by atoms with E-state index in [4.69, 9.17) is 0 Å². The van der Waals surface area contributed by atoms with Crippen molar-refractivity contribution in [2.75, 3.05) is 0 Å². The third-order valence-electron chi connectivity index (χ3n) is 2.67. The van der Waals surface area contributed by atoms with Crippen molar-refractivity contribution in [3.8, 4) is 0 Å². The molecule has 1 aromatic carbocycles. The van der Waals surface area contributed by atoms with Crippen LogP contribution in [0.15, 0.2) is 47.4 Å². The van der Waals surface area contributed by atoms with Gasteiger partial charge in [0.15, 0.2) is 5.78 Å². The Hall–Kier alpha value is -2.76. The molecule has 0 aliphatic carbocycles. The van der Waals surface area contributed by atoms with Crippen molar-refractivity contribution in [3.05, 3.63) is 74.2 Å². The summed E-state index contributed by atoms with van der Waals surface area (Å²) in [6.45, 7) is 0. The Morgan fingerprint density at radius 1 is 1.21 bits per heavy atom. The van der Waals surface area contributed by atoms with Crippen LogP contribution in [0.25, 0.3) is 0 Å². The molecule has 0 fully saturated rings. The van der Waals surface area contributed by atoms with Crippen molar-refractivity contribution in [1.29, 1.82) is 0 Å². The Morgan fingerprint density at radius 3 is 2.53 bits per heavy atom. The molecule has 0 radical (unpaired) electrons. The predicted octanol–water partition coefficient (Wildman–Crippen LogP) is 1.71. The summed E-state index contributed by atoms with van der Waals surface area (Å²) in [6, 6.07) is 9.52. The van der Waals surface area contributed by atoms with Crippen LogP contribution in [0.2, 0.25) is 0 Å². The van der Waals surface area contributed by atoms with Crippen LogP contribution in [-0.2, 0) is 6.42 Å². The Labute approximate surface area is 107 Å². The average Bonchev–Trinajstić information content (AvgIpc) is 2.41. The van der Waals surface area contributed by atoms with E-state index >= 15 is 0 Å². The molecule has 0 amide bonds. The highest BCUT2D eigenvalue weighted by atomic mass is 16.6. The number of hydrogen-bond acceptors (Lipinski definition) is 4. The lowest BCUT2D eigenvalue weighted by molar-refractivity contribution is -0.385. The Morgan fingerprint density at radius 2 is 1.89 bits per heavy atom. The highest BCUT2D eigenvalue weighted by Crippen LogP contribution is 2.15. The van der Waals surface area contributed by atoms with E-state index in [0.29, 0.717) is 5.56 Å². The standard InChI is InChI=1S/C13H10N2O4/c16-12(9-4-2-1-3-5-9)8-10-11(15(18)19)6-7-14-13(10)17/h1-7H,8H2,(H,14,17). The fourth-order valence-electron chi connectivity index (χ4n) is 1.73. The number of aromatic nitrogens is 1. The molecule has 2 aromatic rings. The zero-order valence-electron chi connectivity index (χ0n) is 9.83. The molecule has 0 unspecified atom stereocenters. The Bertz CT molecular complexity index is 677. The summed E-state index contributed by atoms with van der Waals surface area (Å²) in [5, 5.41) is 10.8. The molecular weight excluding hydrogens is 248 g/mol. The van der Waals surface area contributed by atoms with E-state index < -0.39 is 10.5 Å². The number of pyridine rings is 1. The molecule has 0 spiro atoms. The molecule has 0 atom stereocenters. The number of nitrogens with one attached hydrogen (secondary N) is 1. The third-order valence-corrected chi connectivity index (χ3v) is 2.67. The van der Waals surface area contributed by atoms with E-state index in [-0.39, 0.29) is 23.5 Å². The van der Waals surface area contributed by atoms with Crippen LogP contribution in [0.4, 0.5) is 5.69 Å². The summed E-state index contributed by atoms with van der Waals surface area (Å²) in [7, 11) is 0. The second-order valence-electron chi connectivity index (χ2n) is 3.89. The Balaban J connectivity index is 2.37. The van der Waals surface area contributed by atoms with E-state index in [1.165, 1.54) is 12.3 Å². The van der Waals surface area contributed by atoms with Crippen molar-refractivity contribution < 1.29 is 9.72 Å². The number of benzene rings is 1. The first kappa shape index (κ1) is 12.7. The molecule has 19 heavy (non-hydrogen) atoms. The first-order valence-corrected chi connectivity index (χ1v) is 5.53. The maximum atomic E-state index is 12.0. The monoisotopic (exact) mass is 258 g/mol. The number of rotatable bonds is 4. The third kappa shape index (κ3) is 2.74. The SMILES string of the molecule is O=C(Cc1c([N+](=O)[O-])cc[nH]c1=O)c1ccccc1. The van der Waals surface area contributed by atoms with E-state index in [1.807, 2.05) is 0 Å². The smallest absolute Gasteiger partial charge is 0.280 e. The topological polar surface area (TPSA) is 93.1 Å². The van der Waals surface area contributed by atoms with Gasteiger partial charge in [0.05, 0.1) is 4.92 Å². The van der Waals surface area contributed by atoms with Gasteiger partial charge in [-0.05, 0) is 0 Å². The van der Waals surface area contributed by atoms with Gasteiger partial charge in [0.25, 0.3) is 11.2 Å². The number of nitrogens with zero attached hydrogens (tertiary/aromatic N) is 1. The first-order chi connectivity index (χ1) is 9.09. The molecule has 0 bridgehead atoms. The van der Waals surface area contributed by atoms with Crippen molar-refractivity contribution in [2.45, 2.75) is 6.42 Å². The van der Waals surface area contributed by atoms with Crippen LogP contribution in [-0.4, -0.2) is 15.7 Å². The molecule has 96 valence electrons. The number of ketones is 1. The summed E-state index contributed by atoms with van der Waals surface area (Å²) in [5.41, 5.74) is -0.659. The van der Waals surface area contributed by atoms with Crippen LogP contribution in [0.3, 0.4) is 0 Å². The zero-order chi connectivity index (χ0) is 13.8.